The summed E-state index contributed by atoms with van der Waals surface area (Å²) in [6.07, 6.45) is 0. The molecule has 0 atom stereocenters. The molecule has 98 valence electrons. The molecule has 0 saturated carbocycles. The lowest BCUT2D eigenvalue weighted by molar-refractivity contribution is 0.588. The van der Waals surface area contributed by atoms with Crippen molar-refractivity contribution in [1.82, 2.24) is 4.98 Å². The van der Waals surface area contributed by atoms with Crippen LogP contribution in [0.4, 0.5) is 0 Å². The number of sulfonamides is 1. The van der Waals surface area contributed by atoms with Crippen molar-refractivity contribution in [3.8, 4) is 0 Å². The van der Waals surface area contributed by atoms with Gasteiger partial charge in [0.1, 0.15) is 0 Å². The van der Waals surface area contributed by atoms with E-state index >= 15 is 0 Å². The van der Waals surface area contributed by atoms with E-state index in [1.807, 2.05) is 0 Å². The number of nitrogens with zero attached hydrogens (tertiary/aromatic N) is 1. The van der Waals surface area contributed by atoms with E-state index in [1.165, 1.54) is 0 Å². The lowest BCUT2D eigenvalue weighted by Crippen LogP contribution is -2.23. The van der Waals surface area contributed by atoms with Crippen LogP contribution in [0.1, 0.15) is 0 Å². The van der Waals surface area contributed by atoms with Gasteiger partial charge in [-0.05, 0) is 12.1 Å². The quantitative estimate of drug-likeness (QED) is 0.877. The van der Waals surface area contributed by atoms with Crippen LogP contribution in [0.5, 0.6) is 0 Å². The van der Waals surface area contributed by atoms with Crippen LogP contribution in [-0.4, -0.2) is 33.3 Å². The maximum atomic E-state index is 11.9. The van der Waals surface area contributed by atoms with Crippen molar-refractivity contribution >= 4 is 41.4 Å². The maximum absolute atomic E-state index is 11.9. The van der Waals surface area contributed by atoms with Gasteiger partial charge in [-0.1, -0.05) is 12.1 Å². The number of hydrogen-bond donors (Lipinski definition) is 1. The zero-order valence-electron chi connectivity index (χ0n) is 9.11. The zero-order valence-corrected chi connectivity index (χ0v) is 11.6. The number of benzene rings is 1. The van der Waals surface area contributed by atoms with Crippen LogP contribution in [0.15, 0.2) is 28.6 Å². The zero-order chi connectivity index (χ0) is 13.4. The molecule has 9 heteroatoms. The normalized spacial score (nSPS) is 12.9. The highest BCUT2D eigenvalue weighted by Gasteiger charge is 2.21. The molecule has 0 radical (unpaired) electrons. The summed E-state index contributed by atoms with van der Waals surface area (Å²) in [6, 6.07) is 6.99. The second-order valence-electron chi connectivity index (χ2n) is 3.63. The summed E-state index contributed by atoms with van der Waals surface area (Å²) < 4.78 is 46.0. The Kier molecular flexibility index (Phi) is 3.41. The number of aromatic nitrogens is 1. The standard InChI is InChI=1S/C9H10N2O4S3/c10-18(14,15)6-5-17(12,13)9-11-7-3-1-2-4-8(7)16-9/h1-4H,5-6H2,(H2,10,14,15). The van der Waals surface area contributed by atoms with E-state index in [9.17, 15) is 16.8 Å². The highest BCUT2D eigenvalue weighted by Crippen LogP contribution is 2.25. The molecule has 0 fully saturated rings. The molecule has 1 heterocycles. The molecule has 1 aromatic carbocycles. The Hall–Kier alpha value is -1.03. The third kappa shape index (κ3) is 3.05. The predicted octanol–water partition coefficient (Wildman–Crippen LogP) is 0.359. The lowest BCUT2D eigenvalue weighted by Gasteiger charge is -1.98. The largest absolute Gasteiger partial charge is 0.229 e. The summed E-state index contributed by atoms with van der Waals surface area (Å²) in [4.78, 5) is 3.98. The number of sulfone groups is 1. The van der Waals surface area contributed by atoms with Gasteiger partial charge in [0.15, 0.2) is 0 Å². The van der Waals surface area contributed by atoms with Crippen molar-refractivity contribution < 1.29 is 16.8 Å². The molecule has 18 heavy (non-hydrogen) atoms. The fraction of sp³-hybridized carbons (Fsp3) is 0.222. The Morgan fingerprint density at radius 1 is 1.11 bits per heavy atom. The molecule has 2 rings (SSSR count). The molecule has 0 bridgehead atoms. The van der Waals surface area contributed by atoms with Crippen LogP contribution < -0.4 is 5.14 Å². The van der Waals surface area contributed by atoms with E-state index in [2.05, 4.69) is 4.98 Å². The van der Waals surface area contributed by atoms with Crippen molar-refractivity contribution in [3.63, 3.8) is 0 Å². The van der Waals surface area contributed by atoms with Crippen molar-refractivity contribution in [1.29, 1.82) is 0 Å². The monoisotopic (exact) mass is 306 g/mol. The molecule has 2 aromatic rings. The first-order chi connectivity index (χ1) is 8.28. The fourth-order valence-electron chi connectivity index (χ4n) is 1.30. The summed E-state index contributed by atoms with van der Waals surface area (Å²) in [6.45, 7) is 0. The number of para-hydroxylation sites is 1. The fourth-order valence-corrected chi connectivity index (χ4v) is 5.24. The van der Waals surface area contributed by atoms with Crippen molar-refractivity contribution in [3.05, 3.63) is 24.3 Å². The van der Waals surface area contributed by atoms with Gasteiger partial charge in [-0.15, -0.1) is 11.3 Å². The maximum Gasteiger partial charge on any atom is 0.210 e. The Bertz CT molecular complexity index is 744. The second kappa shape index (κ2) is 4.57. The second-order valence-corrected chi connectivity index (χ2v) is 8.68. The van der Waals surface area contributed by atoms with Crippen LogP contribution in [0, 0.1) is 0 Å². The first kappa shape index (κ1) is 13.4. The summed E-state index contributed by atoms with van der Waals surface area (Å²) >= 11 is 1.02. The van der Waals surface area contributed by atoms with E-state index in [-0.39, 0.29) is 4.34 Å². The van der Waals surface area contributed by atoms with Crippen LogP contribution in [0.25, 0.3) is 10.2 Å². The third-order valence-corrected chi connectivity index (χ3v) is 6.42. The SMILES string of the molecule is NS(=O)(=O)CCS(=O)(=O)c1nc2ccccc2s1. The number of rotatable bonds is 4. The summed E-state index contributed by atoms with van der Waals surface area (Å²) in [5.74, 6) is -1.16. The van der Waals surface area contributed by atoms with E-state index in [0.717, 1.165) is 16.0 Å². The van der Waals surface area contributed by atoms with E-state index in [1.54, 1.807) is 24.3 Å². The molecule has 0 saturated heterocycles. The van der Waals surface area contributed by atoms with Gasteiger partial charge < -0.3 is 0 Å². The Morgan fingerprint density at radius 3 is 2.39 bits per heavy atom. The topological polar surface area (TPSA) is 107 Å². The minimum Gasteiger partial charge on any atom is -0.229 e. The van der Waals surface area contributed by atoms with Gasteiger partial charge in [0.25, 0.3) is 0 Å². The average Bonchev–Trinajstić information content (AvgIpc) is 2.70. The number of thiazole rings is 1. The average molecular weight is 306 g/mol. The number of primary sulfonamides is 1. The molecular formula is C9H10N2O4S3. The van der Waals surface area contributed by atoms with Gasteiger partial charge in [-0.25, -0.2) is 27.0 Å². The van der Waals surface area contributed by atoms with Gasteiger partial charge >= 0.3 is 0 Å². The Labute approximate surface area is 108 Å². The smallest absolute Gasteiger partial charge is 0.210 e. The minimum atomic E-state index is -3.80. The summed E-state index contributed by atoms with van der Waals surface area (Å²) in [5, 5.41) is 4.79. The summed E-state index contributed by atoms with van der Waals surface area (Å²) in [7, 11) is -7.50. The third-order valence-electron chi connectivity index (χ3n) is 2.18. The van der Waals surface area contributed by atoms with Gasteiger partial charge in [-0.2, -0.15) is 0 Å². The predicted molar refractivity (Wildman–Crippen MR) is 69.6 cm³/mol. The number of hydrogen-bond acceptors (Lipinski definition) is 6. The molecule has 0 aliphatic rings. The van der Waals surface area contributed by atoms with Crippen molar-refractivity contribution in [2.24, 2.45) is 5.14 Å². The van der Waals surface area contributed by atoms with Gasteiger partial charge in [0, 0.05) is 0 Å². The molecular weight excluding hydrogens is 296 g/mol. The Morgan fingerprint density at radius 2 is 1.78 bits per heavy atom. The number of fused-ring (bicyclic) bond motifs is 1. The van der Waals surface area contributed by atoms with Crippen LogP contribution in [0.3, 0.4) is 0 Å². The molecule has 1 aromatic heterocycles. The first-order valence-corrected chi connectivity index (χ1v) is 9.05. The first-order valence-electron chi connectivity index (χ1n) is 4.87. The number of nitrogens with two attached hydrogens (primary N) is 1. The van der Waals surface area contributed by atoms with Crippen molar-refractivity contribution in [2.45, 2.75) is 4.34 Å². The van der Waals surface area contributed by atoms with E-state index in [0.29, 0.717) is 5.52 Å². The van der Waals surface area contributed by atoms with E-state index in [4.69, 9.17) is 5.14 Å². The lowest BCUT2D eigenvalue weighted by atomic mass is 10.3. The van der Waals surface area contributed by atoms with Crippen LogP contribution in [0.2, 0.25) is 0 Å². The van der Waals surface area contributed by atoms with Gasteiger partial charge in [0.2, 0.25) is 24.2 Å². The van der Waals surface area contributed by atoms with Gasteiger partial charge in [-0.3, -0.25) is 0 Å². The van der Waals surface area contributed by atoms with Gasteiger partial charge in [0.05, 0.1) is 21.7 Å². The highest BCUT2D eigenvalue weighted by atomic mass is 32.2. The Balaban J connectivity index is 2.35. The van der Waals surface area contributed by atoms with Crippen LogP contribution >= 0.6 is 11.3 Å². The van der Waals surface area contributed by atoms with Crippen LogP contribution in [-0.2, 0) is 19.9 Å². The minimum absolute atomic E-state index is 0.0765. The highest BCUT2D eigenvalue weighted by molar-refractivity contribution is 7.95. The molecule has 6 nitrogen and oxygen atoms in total. The summed E-state index contributed by atoms with van der Waals surface area (Å²) in [5.41, 5.74) is 0.580. The molecule has 2 N–H and O–H groups in total. The molecule has 0 aliphatic heterocycles. The molecule has 0 amide bonds. The molecule has 0 unspecified atom stereocenters. The molecule has 0 spiro atoms. The van der Waals surface area contributed by atoms with E-state index < -0.39 is 31.4 Å². The van der Waals surface area contributed by atoms with Crippen molar-refractivity contribution in [2.75, 3.05) is 11.5 Å². The molecule has 0 aliphatic carbocycles.